The van der Waals surface area contributed by atoms with E-state index in [0.29, 0.717) is 10.8 Å². The molecule has 236 valence electrons. The predicted molar refractivity (Wildman–Crippen MR) is 189 cm³/mol. The van der Waals surface area contributed by atoms with E-state index in [9.17, 15) is 0 Å². The van der Waals surface area contributed by atoms with Crippen LogP contribution in [0.1, 0.15) is 172 Å². The third-order valence-electron chi connectivity index (χ3n) is 8.95. The van der Waals surface area contributed by atoms with Crippen LogP contribution in [0.2, 0.25) is 0 Å². The minimum atomic E-state index is 0. The van der Waals surface area contributed by atoms with Crippen molar-refractivity contribution in [3.05, 3.63) is 36.5 Å². The van der Waals surface area contributed by atoms with Gasteiger partial charge in [0.1, 0.15) is 0 Å². The van der Waals surface area contributed by atoms with E-state index in [-0.39, 0.29) is 52.0 Å². The first-order valence-corrected chi connectivity index (χ1v) is 13.6. The van der Waals surface area contributed by atoms with Crippen molar-refractivity contribution in [2.45, 2.75) is 172 Å². The molecular formula is C38H84. The van der Waals surface area contributed by atoms with Crippen LogP contribution in [0.5, 0.6) is 0 Å². The van der Waals surface area contributed by atoms with Gasteiger partial charge in [0.2, 0.25) is 0 Å². The number of hydrogen-bond donors (Lipinski definition) is 0. The first-order valence-electron chi connectivity index (χ1n) is 13.6. The SMILES string of the molecule is C.C.C.C.C.C.C.C=C1CCC2(C)C(C=CC(CCCC(C/C=C/CC(C)C)C(C)(C)CC)C2C)C1.CC. The second-order valence-corrected chi connectivity index (χ2v) is 11.7. The van der Waals surface area contributed by atoms with Gasteiger partial charge in [0, 0.05) is 0 Å². The molecule has 0 heterocycles. The van der Waals surface area contributed by atoms with Crippen LogP contribution in [0.4, 0.5) is 0 Å². The van der Waals surface area contributed by atoms with Gasteiger partial charge >= 0.3 is 0 Å². The summed E-state index contributed by atoms with van der Waals surface area (Å²) in [5, 5.41) is 0. The molecule has 0 aromatic carbocycles. The highest BCUT2D eigenvalue weighted by Crippen LogP contribution is 2.54. The molecule has 0 N–H and O–H groups in total. The van der Waals surface area contributed by atoms with Gasteiger partial charge in [-0.1, -0.05) is 164 Å². The summed E-state index contributed by atoms with van der Waals surface area (Å²) in [6.07, 6.45) is 21.7. The van der Waals surface area contributed by atoms with Crippen LogP contribution in [-0.4, -0.2) is 0 Å². The van der Waals surface area contributed by atoms with Crippen molar-refractivity contribution in [3.8, 4) is 0 Å². The van der Waals surface area contributed by atoms with Gasteiger partial charge in [-0.15, -0.1) is 0 Å². The van der Waals surface area contributed by atoms with Gasteiger partial charge in [0.25, 0.3) is 0 Å². The molecule has 0 amide bonds. The number of fused-ring (bicyclic) bond motifs is 1. The molecule has 0 aliphatic heterocycles. The summed E-state index contributed by atoms with van der Waals surface area (Å²) in [6, 6.07) is 0. The van der Waals surface area contributed by atoms with E-state index in [1.807, 2.05) is 13.8 Å². The van der Waals surface area contributed by atoms with E-state index < -0.39 is 0 Å². The minimum Gasteiger partial charge on any atom is -0.0998 e. The van der Waals surface area contributed by atoms with Crippen molar-refractivity contribution in [2.24, 2.45) is 40.4 Å². The van der Waals surface area contributed by atoms with Crippen molar-refractivity contribution in [1.29, 1.82) is 0 Å². The molecule has 0 bridgehead atoms. The lowest BCUT2D eigenvalue weighted by atomic mass is 9.54. The van der Waals surface area contributed by atoms with Crippen LogP contribution in [0, 0.1) is 40.4 Å². The van der Waals surface area contributed by atoms with Gasteiger partial charge in [0.05, 0.1) is 0 Å². The largest absolute Gasteiger partial charge is 0.0998 e. The van der Waals surface area contributed by atoms with E-state index in [4.69, 9.17) is 0 Å². The monoisotopic (exact) mass is 541 g/mol. The van der Waals surface area contributed by atoms with Crippen molar-refractivity contribution >= 4 is 0 Å². The first-order chi connectivity index (χ1) is 14.6. The van der Waals surface area contributed by atoms with Crippen LogP contribution < -0.4 is 0 Å². The molecule has 2 rings (SSSR count). The Morgan fingerprint density at radius 2 is 1.50 bits per heavy atom. The van der Waals surface area contributed by atoms with Gasteiger partial charge in [-0.3, -0.25) is 0 Å². The van der Waals surface area contributed by atoms with Crippen LogP contribution >= 0.6 is 0 Å². The Hall–Kier alpha value is -0.780. The zero-order valence-electron chi connectivity index (χ0n) is 22.8. The Bertz CT molecular complexity index is 575. The molecule has 0 nitrogen and oxygen atoms in total. The normalized spacial score (nSPS) is 24.2. The van der Waals surface area contributed by atoms with Crippen molar-refractivity contribution in [3.63, 3.8) is 0 Å². The van der Waals surface area contributed by atoms with Crippen molar-refractivity contribution in [1.82, 2.24) is 0 Å². The molecule has 5 atom stereocenters. The van der Waals surface area contributed by atoms with Crippen LogP contribution in [0.25, 0.3) is 0 Å². The maximum atomic E-state index is 4.28. The Kier molecular flexibility index (Phi) is 35.5. The highest BCUT2D eigenvalue weighted by Gasteiger charge is 2.45. The average Bonchev–Trinajstić information content (AvgIpc) is 2.74. The Morgan fingerprint density at radius 1 is 0.974 bits per heavy atom. The summed E-state index contributed by atoms with van der Waals surface area (Å²) >= 11 is 0. The number of allylic oxidation sites excluding steroid dienone is 5. The van der Waals surface area contributed by atoms with E-state index in [2.05, 4.69) is 79.3 Å². The Morgan fingerprint density at radius 3 is 2.00 bits per heavy atom. The van der Waals surface area contributed by atoms with Gasteiger partial charge in [-0.05, 0) is 85.4 Å². The summed E-state index contributed by atoms with van der Waals surface area (Å²) in [5.74, 6) is 3.87. The maximum Gasteiger partial charge on any atom is -0.0139 e. The zero-order chi connectivity index (χ0) is 23.7. The molecule has 0 aromatic heterocycles. The summed E-state index contributed by atoms with van der Waals surface area (Å²) in [5.41, 5.74) is 2.40. The van der Waals surface area contributed by atoms with Crippen molar-refractivity contribution < 1.29 is 0 Å². The quantitative estimate of drug-likeness (QED) is 0.242. The molecule has 0 radical (unpaired) electrons. The highest BCUT2D eigenvalue weighted by atomic mass is 14.5. The minimum absolute atomic E-state index is 0. The Balaban J connectivity index is -0.000000208. The third-order valence-corrected chi connectivity index (χ3v) is 8.95. The van der Waals surface area contributed by atoms with Gasteiger partial charge in [0.15, 0.2) is 0 Å². The van der Waals surface area contributed by atoms with E-state index in [1.54, 1.807) is 0 Å². The molecule has 0 spiro atoms. The Labute approximate surface area is 248 Å². The fraction of sp³-hybridized carbons (Fsp3) is 0.842. The maximum absolute atomic E-state index is 4.28. The lowest BCUT2D eigenvalue weighted by Gasteiger charge is -2.50. The molecule has 38 heavy (non-hydrogen) atoms. The summed E-state index contributed by atoms with van der Waals surface area (Å²) in [6.45, 7) is 25.3. The molecule has 0 saturated heterocycles. The smallest absolute Gasteiger partial charge is 0.0139 e. The van der Waals surface area contributed by atoms with E-state index in [0.717, 1.165) is 29.6 Å². The van der Waals surface area contributed by atoms with E-state index >= 15 is 0 Å². The van der Waals surface area contributed by atoms with Gasteiger partial charge in [-0.2, -0.15) is 0 Å². The second-order valence-electron chi connectivity index (χ2n) is 11.7. The lowest BCUT2D eigenvalue weighted by molar-refractivity contribution is 0.0552. The highest BCUT2D eigenvalue weighted by molar-refractivity contribution is 5.17. The summed E-state index contributed by atoms with van der Waals surface area (Å²) < 4.78 is 0. The molecule has 0 heteroatoms. The summed E-state index contributed by atoms with van der Waals surface area (Å²) in [7, 11) is 0. The molecule has 1 saturated carbocycles. The lowest BCUT2D eigenvalue weighted by Crippen LogP contribution is -2.42. The second kappa shape index (κ2) is 25.2. The van der Waals surface area contributed by atoms with Gasteiger partial charge < -0.3 is 0 Å². The molecular weight excluding hydrogens is 456 g/mol. The van der Waals surface area contributed by atoms with Crippen LogP contribution in [0.3, 0.4) is 0 Å². The third kappa shape index (κ3) is 15.1. The fourth-order valence-electron chi connectivity index (χ4n) is 5.75. The topological polar surface area (TPSA) is 0 Å². The van der Waals surface area contributed by atoms with Gasteiger partial charge in [-0.25, -0.2) is 0 Å². The predicted octanol–water partition coefficient (Wildman–Crippen LogP) is 14.9. The molecule has 5 unspecified atom stereocenters. The molecule has 2 aliphatic carbocycles. The molecule has 2 aliphatic rings. The summed E-state index contributed by atoms with van der Waals surface area (Å²) in [4.78, 5) is 0. The number of rotatable bonds is 10. The molecule has 0 aromatic rings. The average molecular weight is 541 g/mol. The number of hydrogen-bond acceptors (Lipinski definition) is 0. The van der Waals surface area contributed by atoms with E-state index in [1.165, 1.54) is 63.4 Å². The molecule has 1 fully saturated rings. The fourth-order valence-corrected chi connectivity index (χ4v) is 5.75. The van der Waals surface area contributed by atoms with Crippen molar-refractivity contribution in [2.75, 3.05) is 0 Å². The first kappa shape index (κ1) is 53.5. The van der Waals surface area contributed by atoms with Crippen LogP contribution in [-0.2, 0) is 0 Å². The van der Waals surface area contributed by atoms with Crippen LogP contribution in [0.15, 0.2) is 36.5 Å². The standard InChI is InChI=1S/C29H50.C2H6.7CH4/c1-9-28(6,7)26(15-11-10-13-22(2)3)16-12-14-25-17-18-27-21-23(4)19-20-29(27,8)24(25)5;1-2;;;;;;;/h10-11,17-18,22,24-27H,4,9,12-16,19-21H2,1-3,5-8H3;1-2H3;7*1H4/b11-10+;;;;;;;;. The zero-order valence-corrected chi connectivity index (χ0v) is 22.8.